The van der Waals surface area contributed by atoms with Crippen LogP contribution in [0.25, 0.3) is 0 Å². The predicted octanol–water partition coefficient (Wildman–Crippen LogP) is 2.93. The van der Waals surface area contributed by atoms with Crippen LogP contribution in [0.3, 0.4) is 0 Å². The summed E-state index contributed by atoms with van der Waals surface area (Å²) < 4.78 is 0. The van der Waals surface area contributed by atoms with Gasteiger partial charge in [-0.15, -0.1) is 0 Å². The number of benzene rings is 1. The maximum atomic E-state index is 14.0. The highest BCUT2D eigenvalue weighted by atomic mass is 35.5. The van der Waals surface area contributed by atoms with E-state index < -0.39 is 58.0 Å². The van der Waals surface area contributed by atoms with Gasteiger partial charge in [0.2, 0.25) is 5.78 Å². The molecule has 3 fully saturated rings. The number of halogens is 1. The molecule has 230 valence electrons. The van der Waals surface area contributed by atoms with E-state index in [1.54, 1.807) is 20.2 Å². The van der Waals surface area contributed by atoms with Gasteiger partial charge in [0.25, 0.3) is 5.91 Å². The summed E-state index contributed by atoms with van der Waals surface area (Å²) in [6, 6.07) is 0.508. The monoisotopic (exact) mass is 611 g/mol. The van der Waals surface area contributed by atoms with Gasteiger partial charge in [-0.05, 0) is 100 Å². The first-order chi connectivity index (χ1) is 20.3. The second kappa shape index (κ2) is 9.54. The fourth-order valence-corrected chi connectivity index (χ4v) is 8.71. The van der Waals surface area contributed by atoms with E-state index in [9.17, 15) is 34.8 Å². The molecule has 10 nitrogen and oxygen atoms in total. The molecule has 4 atom stereocenters. The number of hydrogen-bond acceptors (Lipinski definition) is 9. The van der Waals surface area contributed by atoms with Gasteiger partial charge in [0.15, 0.2) is 11.4 Å². The molecule has 6 aliphatic rings. The van der Waals surface area contributed by atoms with Gasteiger partial charge in [0.05, 0.1) is 11.6 Å². The van der Waals surface area contributed by atoms with Gasteiger partial charge in [-0.1, -0.05) is 11.6 Å². The van der Waals surface area contributed by atoms with Crippen molar-refractivity contribution in [3.63, 3.8) is 0 Å². The van der Waals surface area contributed by atoms with Crippen molar-refractivity contribution in [2.75, 3.05) is 20.6 Å². The fourth-order valence-electron chi connectivity index (χ4n) is 8.42. The Hall–Kier alpha value is -2.92. The van der Waals surface area contributed by atoms with Crippen molar-refractivity contribution >= 4 is 29.1 Å². The average Bonchev–Trinajstić information content (AvgIpc) is 3.78. The number of likely N-dealkylation sites (N-methyl/N-ethyl adjacent to an activating group) is 1. The van der Waals surface area contributed by atoms with Gasteiger partial charge in [-0.25, -0.2) is 0 Å². The number of ketones is 2. The number of nitrogens with zero attached hydrogens (tertiary/aromatic N) is 2. The Morgan fingerprint density at radius 2 is 1.79 bits per heavy atom. The predicted molar refractivity (Wildman–Crippen MR) is 157 cm³/mol. The van der Waals surface area contributed by atoms with Crippen LogP contribution in [-0.2, 0) is 22.6 Å². The minimum Gasteiger partial charge on any atom is -0.510 e. The zero-order valence-electron chi connectivity index (χ0n) is 24.4. The number of nitrogens with two attached hydrogens (primary N) is 1. The Bertz CT molecular complexity index is 1540. The second-order valence-electron chi connectivity index (χ2n) is 13.9. The Morgan fingerprint density at radius 1 is 1.12 bits per heavy atom. The number of carbonyl (C=O) groups excluding carboxylic acids is 3. The summed E-state index contributed by atoms with van der Waals surface area (Å²) >= 11 is 7.06. The number of fused-ring (bicyclic) bond motifs is 3. The van der Waals surface area contributed by atoms with Gasteiger partial charge in [-0.3, -0.25) is 24.2 Å². The topological polar surface area (TPSA) is 165 Å². The Labute approximate surface area is 254 Å². The number of aliphatic hydroxyl groups is 3. The molecule has 3 saturated carbocycles. The molecule has 0 bridgehead atoms. The maximum Gasteiger partial charge on any atom is 0.255 e. The van der Waals surface area contributed by atoms with Crippen LogP contribution in [0, 0.1) is 23.7 Å². The molecule has 7 rings (SSSR count). The van der Waals surface area contributed by atoms with Crippen molar-refractivity contribution in [3.8, 4) is 5.75 Å². The Balaban J connectivity index is 1.29. The summed E-state index contributed by atoms with van der Waals surface area (Å²) in [5.41, 5.74) is 3.14. The standard InChI is InChI=1S/C32H38ClN3O7/c1-35(2)25-19-10-15-9-18-22(26(38)21(15)28(40)32(19,43)29(41)23(27(25)39)30(34)42)20(37)11-16(24(18)33)13-36(12-14-3-4-14)31(7-8-31)17-5-6-17/h11,14-15,17,19,25,37,39-40,43H,3-10,12-13H2,1-2H3,(H2,34,42)/t15-,19-,25-,32-/m0/s1. The normalized spacial score (nSPS) is 31.3. The van der Waals surface area contributed by atoms with Crippen LogP contribution in [0.5, 0.6) is 5.75 Å². The van der Waals surface area contributed by atoms with Crippen molar-refractivity contribution in [2.45, 2.75) is 75.1 Å². The number of hydrogen-bond donors (Lipinski definition) is 5. The summed E-state index contributed by atoms with van der Waals surface area (Å²) in [7, 11) is 3.21. The SMILES string of the molecule is CN(C)[C@@H]1C(O)=C(C(N)=O)C(=O)[C@@]2(O)C(O)=C3C(=O)c4c(O)cc(CN(CC5CC5)C5(C6CC6)CC5)c(Cl)c4C[C@H]3C[C@@H]12. The third-order valence-electron chi connectivity index (χ3n) is 11.0. The summed E-state index contributed by atoms with van der Waals surface area (Å²) in [6.07, 6.45) is 7.50. The number of aromatic hydroxyl groups is 1. The lowest BCUT2D eigenvalue weighted by atomic mass is 9.58. The number of rotatable bonds is 8. The zero-order chi connectivity index (χ0) is 30.7. The number of amides is 1. The molecule has 6 aliphatic carbocycles. The molecule has 11 heteroatoms. The van der Waals surface area contributed by atoms with Crippen LogP contribution in [0.1, 0.15) is 66.4 Å². The Kier molecular flexibility index (Phi) is 6.39. The number of Topliss-reactive ketones (excluding diaryl/α,β-unsaturated/α-hetero) is 2. The van der Waals surface area contributed by atoms with Crippen LogP contribution < -0.4 is 5.73 Å². The molecule has 0 unspecified atom stereocenters. The van der Waals surface area contributed by atoms with Crippen molar-refractivity contribution in [1.29, 1.82) is 0 Å². The lowest BCUT2D eigenvalue weighted by Crippen LogP contribution is -2.63. The largest absolute Gasteiger partial charge is 0.510 e. The number of phenolic OH excluding ortho intramolecular Hbond substituents is 1. The van der Waals surface area contributed by atoms with Crippen LogP contribution in [0.4, 0.5) is 0 Å². The van der Waals surface area contributed by atoms with E-state index in [0.29, 0.717) is 29.0 Å². The molecule has 0 aromatic heterocycles. The molecule has 1 aromatic rings. The van der Waals surface area contributed by atoms with E-state index in [0.717, 1.165) is 12.1 Å². The van der Waals surface area contributed by atoms with E-state index in [1.807, 2.05) is 0 Å². The highest BCUT2D eigenvalue weighted by molar-refractivity contribution is 6.33. The van der Waals surface area contributed by atoms with Gasteiger partial charge < -0.3 is 26.2 Å². The quantitative estimate of drug-likeness (QED) is 0.278. The first-order valence-electron chi connectivity index (χ1n) is 15.2. The van der Waals surface area contributed by atoms with Crippen LogP contribution in [0.2, 0.25) is 5.02 Å². The number of allylic oxidation sites excluding steroid dienone is 1. The Morgan fingerprint density at radius 3 is 2.35 bits per heavy atom. The second-order valence-corrected chi connectivity index (χ2v) is 14.3. The molecule has 6 N–H and O–H groups in total. The minimum absolute atomic E-state index is 0.0334. The lowest BCUT2D eigenvalue weighted by Gasteiger charge is -2.50. The smallest absolute Gasteiger partial charge is 0.255 e. The van der Waals surface area contributed by atoms with Crippen molar-refractivity contribution < 1.29 is 34.8 Å². The van der Waals surface area contributed by atoms with Crippen molar-refractivity contribution in [2.24, 2.45) is 29.4 Å². The average molecular weight is 612 g/mol. The first kappa shape index (κ1) is 28.8. The van der Waals surface area contributed by atoms with Gasteiger partial charge >= 0.3 is 0 Å². The van der Waals surface area contributed by atoms with Crippen LogP contribution in [-0.4, -0.2) is 85.5 Å². The third-order valence-corrected chi connectivity index (χ3v) is 11.5. The van der Waals surface area contributed by atoms with Crippen LogP contribution >= 0.6 is 11.6 Å². The molecule has 1 amide bonds. The van der Waals surface area contributed by atoms with Crippen LogP contribution in [0.15, 0.2) is 28.7 Å². The number of primary amides is 1. The number of aliphatic hydroxyl groups excluding tert-OH is 2. The maximum absolute atomic E-state index is 14.0. The molecule has 43 heavy (non-hydrogen) atoms. The highest BCUT2D eigenvalue weighted by Crippen LogP contribution is 2.59. The van der Waals surface area contributed by atoms with Gasteiger partial charge in [0.1, 0.15) is 22.8 Å². The van der Waals surface area contributed by atoms with Gasteiger partial charge in [0, 0.05) is 35.1 Å². The zero-order valence-corrected chi connectivity index (χ0v) is 25.2. The number of phenols is 1. The third kappa shape index (κ3) is 4.13. The molecule has 0 saturated heterocycles. The summed E-state index contributed by atoms with van der Waals surface area (Å²) in [6.45, 7) is 1.57. The van der Waals surface area contributed by atoms with E-state index >= 15 is 0 Å². The molecule has 0 heterocycles. The number of carbonyl (C=O) groups is 3. The molecular formula is C32H38ClN3O7. The molecular weight excluding hydrogens is 574 g/mol. The lowest BCUT2D eigenvalue weighted by molar-refractivity contribution is -0.148. The molecule has 1 aromatic carbocycles. The van der Waals surface area contributed by atoms with Crippen molar-refractivity contribution in [1.82, 2.24) is 9.80 Å². The fraction of sp³-hybridized carbons (Fsp3) is 0.594. The summed E-state index contributed by atoms with van der Waals surface area (Å²) in [4.78, 5) is 43.7. The highest BCUT2D eigenvalue weighted by Gasteiger charge is 2.63. The minimum atomic E-state index is -2.66. The van der Waals surface area contributed by atoms with Gasteiger partial charge in [-0.2, -0.15) is 0 Å². The first-order valence-corrected chi connectivity index (χ1v) is 15.6. The molecule has 0 aliphatic heterocycles. The van der Waals surface area contributed by atoms with E-state index in [2.05, 4.69) is 4.90 Å². The molecule has 0 radical (unpaired) electrons. The molecule has 0 spiro atoms. The van der Waals surface area contributed by atoms with E-state index in [-0.39, 0.29) is 35.3 Å². The van der Waals surface area contributed by atoms with Crippen molar-refractivity contribution in [3.05, 3.63) is 50.4 Å². The summed E-state index contributed by atoms with van der Waals surface area (Å²) in [5.74, 6) is -5.27. The van der Waals surface area contributed by atoms with E-state index in [4.69, 9.17) is 17.3 Å². The van der Waals surface area contributed by atoms with E-state index in [1.165, 1.54) is 43.4 Å². The summed E-state index contributed by atoms with van der Waals surface area (Å²) in [5, 5.41) is 45.9.